The zero-order valence-electron chi connectivity index (χ0n) is 17.8. The number of fused-ring (bicyclic) bond motifs is 1. The lowest BCUT2D eigenvalue weighted by atomic mass is 9.99. The second kappa shape index (κ2) is 8.60. The van der Waals surface area contributed by atoms with Gasteiger partial charge in [0.1, 0.15) is 11.3 Å². The van der Waals surface area contributed by atoms with Gasteiger partial charge in [0.2, 0.25) is 0 Å². The lowest BCUT2D eigenvalue weighted by molar-refractivity contribution is 0.0697. The number of pyridine rings is 1. The topological polar surface area (TPSA) is 94.0 Å². The van der Waals surface area contributed by atoms with Crippen molar-refractivity contribution >= 4 is 22.8 Å². The number of rotatable bonds is 7. The molecule has 0 saturated heterocycles. The van der Waals surface area contributed by atoms with Crippen molar-refractivity contribution in [2.45, 2.75) is 39.7 Å². The highest BCUT2D eigenvalue weighted by atomic mass is 16.4. The molecule has 4 rings (SSSR count). The highest BCUT2D eigenvalue weighted by molar-refractivity contribution is 5.96. The molecular weight excluding hydrogens is 388 g/mol. The van der Waals surface area contributed by atoms with E-state index in [1.54, 1.807) is 12.1 Å². The number of nitrogens with two attached hydrogens (primary N) is 1. The smallest absolute Gasteiger partial charge is 0.336 e. The minimum absolute atomic E-state index is 0.301. The predicted octanol–water partition coefficient (Wildman–Crippen LogP) is 5.08. The van der Waals surface area contributed by atoms with E-state index in [2.05, 4.69) is 11.5 Å². The SMILES string of the molecule is CCCCc1nc2cc(N)c(C)nc2n1Cc1ccc(-c2ccccc2C(=O)O)cc1. The van der Waals surface area contributed by atoms with Crippen LogP contribution in [0.2, 0.25) is 0 Å². The predicted molar refractivity (Wildman–Crippen MR) is 123 cm³/mol. The van der Waals surface area contributed by atoms with Crippen LogP contribution in [0.25, 0.3) is 22.3 Å². The standard InChI is InChI=1S/C25H26N4O2/c1-3-4-9-23-28-22-14-21(26)16(2)27-24(22)29(23)15-17-10-12-18(13-11-17)19-7-5-6-8-20(19)25(30)31/h5-8,10-14H,3-4,9,15,26H2,1-2H3,(H,30,31). The summed E-state index contributed by atoms with van der Waals surface area (Å²) >= 11 is 0. The van der Waals surface area contributed by atoms with E-state index >= 15 is 0 Å². The Kier molecular flexibility index (Phi) is 5.71. The average Bonchev–Trinajstić information content (AvgIpc) is 3.09. The number of imidazole rings is 1. The van der Waals surface area contributed by atoms with Crippen LogP contribution in [0, 0.1) is 6.92 Å². The van der Waals surface area contributed by atoms with Crippen molar-refractivity contribution in [2.24, 2.45) is 0 Å². The van der Waals surface area contributed by atoms with Crippen molar-refractivity contribution in [3.63, 3.8) is 0 Å². The van der Waals surface area contributed by atoms with Crippen LogP contribution >= 0.6 is 0 Å². The van der Waals surface area contributed by atoms with Gasteiger partial charge in [-0.1, -0.05) is 55.8 Å². The molecule has 0 spiro atoms. The number of anilines is 1. The number of aryl methyl sites for hydroxylation is 2. The monoisotopic (exact) mass is 414 g/mol. The molecule has 0 aliphatic heterocycles. The molecule has 158 valence electrons. The van der Waals surface area contributed by atoms with Gasteiger partial charge in [-0.15, -0.1) is 0 Å². The number of carboxylic acids is 1. The molecule has 6 nitrogen and oxygen atoms in total. The fourth-order valence-corrected chi connectivity index (χ4v) is 3.79. The third-order valence-electron chi connectivity index (χ3n) is 5.55. The third kappa shape index (κ3) is 4.14. The summed E-state index contributed by atoms with van der Waals surface area (Å²) in [5, 5.41) is 9.47. The van der Waals surface area contributed by atoms with Gasteiger partial charge in [-0.25, -0.2) is 14.8 Å². The molecule has 2 aromatic heterocycles. The molecule has 6 heteroatoms. The molecule has 2 heterocycles. The van der Waals surface area contributed by atoms with Crippen LogP contribution in [-0.2, 0) is 13.0 Å². The van der Waals surface area contributed by atoms with Crippen molar-refractivity contribution in [1.29, 1.82) is 0 Å². The third-order valence-corrected chi connectivity index (χ3v) is 5.55. The Labute approximate surface area is 181 Å². The number of hydrogen-bond acceptors (Lipinski definition) is 4. The molecule has 0 saturated carbocycles. The summed E-state index contributed by atoms with van der Waals surface area (Å²) in [6, 6.07) is 17.0. The number of nitrogens with zero attached hydrogens (tertiary/aromatic N) is 3. The molecule has 2 aromatic carbocycles. The molecule has 3 N–H and O–H groups in total. The molecule has 4 aromatic rings. The molecule has 0 amide bonds. The van der Waals surface area contributed by atoms with Gasteiger partial charge >= 0.3 is 5.97 Å². The first-order valence-electron chi connectivity index (χ1n) is 10.5. The number of carbonyl (C=O) groups is 1. The fourth-order valence-electron chi connectivity index (χ4n) is 3.79. The Hall–Kier alpha value is -3.67. The molecule has 0 aliphatic carbocycles. The van der Waals surface area contributed by atoms with Gasteiger partial charge in [-0.3, -0.25) is 0 Å². The number of nitrogen functional groups attached to an aromatic ring is 1. The summed E-state index contributed by atoms with van der Waals surface area (Å²) in [4.78, 5) is 21.1. The molecule has 31 heavy (non-hydrogen) atoms. The second-order valence-electron chi connectivity index (χ2n) is 7.77. The van der Waals surface area contributed by atoms with Gasteiger partial charge in [-0.2, -0.15) is 0 Å². The van der Waals surface area contributed by atoms with Crippen LogP contribution in [0.1, 0.15) is 47.2 Å². The molecular formula is C25H26N4O2. The van der Waals surface area contributed by atoms with E-state index in [0.717, 1.165) is 53.1 Å². The lowest BCUT2D eigenvalue weighted by Gasteiger charge is -2.11. The van der Waals surface area contributed by atoms with Crippen molar-refractivity contribution in [1.82, 2.24) is 14.5 Å². The van der Waals surface area contributed by atoms with E-state index in [0.29, 0.717) is 23.4 Å². The molecule has 0 radical (unpaired) electrons. The molecule has 0 unspecified atom stereocenters. The lowest BCUT2D eigenvalue weighted by Crippen LogP contribution is -2.07. The summed E-state index contributed by atoms with van der Waals surface area (Å²) in [5.41, 5.74) is 12.2. The zero-order valence-corrected chi connectivity index (χ0v) is 17.8. The fraction of sp³-hybridized carbons (Fsp3) is 0.240. The number of hydrogen-bond donors (Lipinski definition) is 2. The van der Waals surface area contributed by atoms with Crippen molar-refractivity contribution in [3.8, 4) is 11.1 Å². The quantitative estimate of drug-likeness (QED) is 0.440. The van der Waals surface area contributed by atoms with Crippen LogP contribution < -0.4 is 5.73 Å². The Morgan fingerprint density at radius 1 is 1.10 bits per heavy atom. The maximum atomic E-state index is 11.5. The van der Waals surface area contributed by atoms with Gasteiger partial charge in [0, 0.05) is 6.42 Å². The maximum absolute atomic E-state index is 11.5. The summed E-state index contributed by atoms with van der Waals surface area (Å²) < 4.78 is 2.16. The van der Waals surface area contributed by atoms with E-state index in [1.807, 2.05) is 49.4 Å². The van der Waals surface area contributed by atoms with Gasteiger partial charge in [0.15, 0.2) is 5.65 Å². The number of aromatic nitrogens is 3. The summed E-state index contributed by atoms with van der Waals surface area (Å²) in [6.45, 7) is 4.72. The number of unbranched alkanes of at least 4 members (excludes halogenated alkanes) is 1. The highest BCUT2D eigenvalue weighted by Crippen LogP contribution is 2.26. The van der Waals surface area contributed by atoms with E-state index < -0.39 is 5.97 Å². The van der Waals surface area contributed by atoms with Gasteiger partial charge in [0.25, 0.3) is 0 Å². The Bertz CT molecular complexity index is 1240. The van der Waals surface area contributed by atoms with E-state index in [1.165, 1.54) is 0 Å². The largest absolute Gasteiger partial charge is 0.478 e. The van der Waals surface area contributed by atoms with Crippen molar-refractivity contribution in [2.75, 3.05) is 5.73 Å². The number of benzene rings is 2. The van der Waals surface area contributed by atoms with Crippen molar-refractivity contribution in [3.05, 3.63) is 77.2 Å². The molecule has 0 fully saturated rings. The normalized spacial score (nSPS) is 11.2. The molecule has 0 bridgehead atoms. The zero-order chi connectivity index (χ0) is 22.0. The molecule has 0 atom stereocenters. The number of carboxylic acid groups (broad SMARTS) is 1. The van der Waals surface area contributed by atoms with Gasteiger partial charge < -0.3 is 15.4 Å². The van der Waals surface area contributed by atoms with E-state index in [-0.39, 0.29) is 0 Å². The first kappa shape index (κ1) is 20.6. The van der Waals surface area contributed by atoms with E-state index in [4.69, 9.17) is 15.7 Å². The van der Waals surface area contributed by atoms with Crippen LogP contribution in [0.4, 0.5) is 5.69 Å². The van der Waals surface area contributed by atoms with Crippen molar-refractivity contribution < 1.29 is 9.90 Å². The minimum atomic E-state index is -0.925. The van der Waals surface area contributed by atoms with Crippen LogP contribution in [0.3, 0.4) is 0 Å². The summed E-state index contributed by atoms with van der Waals surface area (Å²) in [5.74, 6) is 0.0838. The first-order chi connectivity index (χ1) is 15.0. The highest BCUT2D eigenvalue weighted by Gasteiger charge is 2.15. The Balaban J connectivity index is 1.69. The first-order valence-corrected chi connectivity index (χ1v) is 10.5. The number of aromatic carboxylic acids is 1. The Morgan fingerprint density at radius 2 is 1.84 bits per heavy atom. The summed E-state index contributed by atoms with van der Waals surface area (Å²) in [6.07, 6.45) is 3.04. The minimum Gasteiger partial charge on any atom is -0.478 e. The summed E-state index contributed by atoms with van der Waals surface area (Å²) in [7, 11) is 0. The van der Waals surface area contributed by atoms with Gasteiger partial charge in [-0.05, 0) is 42.2 Å². The maximum Gasteiger partial charge on any atom is 0.336 e. The average molecular weight is 415 g/mol. The van der Waals surface area contributed by atoms with Crippen LogP contribution in [0.15, 0.2) is 54.6 Å². The van der Waals surface area contributed by atoms with E-state index in [9.17, 15) is 9.90 Å². The molecule has 0 aliphatic rings. The van der Waals surface area contributed by atoms with Gasteiger partial charge in [0.05, 0.1) is 23.5 Å². The second-order valence-corrected chi connectivity index (χ2v) is 7.77. The van der Waals surface area contributed by atoms with Crippen LogP contribution in [-0.4, -0.2) is 25.6 Å². The van der Waals surface area contributed by atoms with Crippen LogP contribution in [0.5, 0.6) is 0 Å². The Morgan fingerprint density at radius 3 is 2.55 bits per heavy atom.